The van der Waals surface area contributed by atoms with Crippen LogP contribution in [0.2, 0.25) is 0 Å². The highest BCUT2D eigenvalue weighted by atomic mass is 35.5. The van der Waals surface area contributed by atoms with Gasteiger partial charge >= 0.3 is 0 Å². The lowest BCUT2D eigenvalue weighted by Gasteiger charge is -2.34. The van der Waals surface area contributed by atoms with E-state index >= 15 is 0 Å². The molecule has 1 fully saturated rings. The molecule has 0 saturated heterocycles. The Labute approximate surface area is 134 Å². The standard InChI is InChI=1S/C16H24N2.2ClH/c17-16-7-5-13(6-8-16)11-18-10-9-14-3-1-2-4-15(14)12-18;;/h1-4,13,16H,5-12,17H2;2*1H. The van der Waals surface area contributed by atoms with Gasteiger partial charge in [-0.05, 0) is 49.1 Å². The van der Waals surface area contributed by atoms with Gasteiger partial charge in [0.15, 0.2) is 0 Å². The van der Waals surface area contributed by atoms with E-state index in [9.17, 15) is 0 Å². The minimum absolute atomic E-state index is 0. The monoisotopic (exact) mass is 316 g/mol. The maximum absolute atomic E-state index is 5.98. The van der Waals surface area contributed by atoms with Crippen molar-refractivity contribution >= 4 is 24.8 Å². The first kappa shape index (κ1) is 17.8. The second kappa shape index (κ2) is 8.23. The predicted molar refractivity (Wildman–Crippen MR) is 89.9 cm³/mol. The summed E-state index contributed by atoms with van der Waals surface area (Å²) in [6, 6.07) is 9.38. The van der Waals surface area contributed by atoms with Crippen LogP contribution in [-0.2, 0) is 13.0 Å². The van der Waals surface area contributed by atoms with Crippen LogP contribution in [0.3, 0.4) is 0 Å². The van der Waals surface area contributed by atoms with E-state index in [-0.39, 0.29) is 24.8 Å². The fraction of sp³-hybridized carbons (Fsp3) is 0.625. The third-order valence-electron chi connectivity index (χ3n) is 4.62. The third kappa shape index (κ3) is 4.36. The molecular weight excluding hydrogens is 291 g/mol. The zero-order valence-corrected chi connectivity index (χ0v) is 13.6. The summed E-state index contributed by atoms with van der Waals surface area (Å²) in [4.78, 5) is 2.64. The van der Waals surface area contributed by atoms with Crippen molar-refractivity contribution in [1.82, 2.24) is 4.90 Å². The van der Waals surface area contributed by atoms with Gasteiger partial charge in [-0.1, -0.05) is 24.3 Å². The second-order valence-corrected chi connectivity index (χ2v) is 6.03. The first-order valence-corrected chi connectivity index (χ1v) is 7.36. The smallest absolute Gasteiger partial charge is 0.0236 e. The molecule has 2 nitrogen and oxygen atoms in total. The van der Waals surface area contributed by atoms with Gasteiger partial charge < -0.3 is 5.73 Å². The quantitative estimate of drug-likeness (QED) is 0.906. The Kier molecular flexibility index (Phi) is 7.32. The zero-order chi connectivity index (χ0) is 12.4. The van der Waals surface area contributed by atoms with E-state index in [0.717, 1.165) is 12.5 Å². The molecule has 3 rings (SSSR count). The molecule has 2 aliphatic rings. The molecule has 0 spiro atoms. The number of hydrogen-bond donors (Lipinski definition) is 1. The third-order valence-corrected chi connectivity index (χ3v) is 4.62. The largest absolute Gasteiger partial charge is 0.328 e. The SMILES string of the molecule is Cl.Cl.NC1CCC(CN2CCc3ccccc3C2)CC1. The maximum atomic E-state index is 5.98. The number of rotatable bonds is 2. The van der Waals surface area contributed by atoms with Crippen LogP contribution in [-0.4, -0.2) is 24.0 Å². The van der Waals surface area contributed by atoms with Gasteiger partial charge in [0.05, 0.1) is 0 Å². The minimum atomic E-state index is 0. The molecule has 1 aliphatic heterocycles. The molecular formula is C16H26Cl2N2. The van der Waals surface area contributed by atoms with Gasteiger partial charge in [-0.2, -0.15) is 0 Å². The summed E-state index contributed by atoms with van der Waals surface area (Å²) in [6.07, 6.45) is 6.35. The van der Waals surface area contributed by atoms with Gasteiger partial charge in [0.25, 0.3) is 0 Å². The van der Waals surface area contributed by atoms with E-state index in [0.29, 0.717) is 6.04 Å². The summed E-state index contributed by atoms with van der Waals surface area (Å²) in [5, 5.41) is 0. The molecule has 20 heavy (non-hydrogen) atoms. The van der Waals surface area contributed by atoms with E-state index < -0.39 is 0 Å². The second-order valence-electron chi connectivity index (χ2n) is 6.03. The Morgan fingerprint density at radius 2 is 1.65 bits per heavy atom. The average molecular weight is 317 g/mol. The van der Waals surface area contributed by atoms with E-state index in [4.69, 9.17) is 5.73 Å². The maximum Gasteiger partial charge on any atom is 0.0236 e. The van der Waals surface area contributed by atoms with E-state index in [2.05, 4.69) is 29.2 Å². The van der Waals surface area contributed by atoms with Gasteiger partial charge in [-0.15, -0.1) is 24.8 Å². The molecule has 0 aromatic heterocycles. The van der Waals surface area contributed by atoms with Crippen molar-refractivity contribution in [1.29, 1.82) is 0 Å². The van der Waals surface area contributed by atoms with Gasteiger partial charge in [0.1, 0.15) is 0 Å². The molecule has 0 radical (unpaired) electrons. The Hall–Kier alpha value is -0.280. The van der Waals surface area contributed by atoms with Crippen molar-refractivity contribution in [2.75, 3.05) is 13.1 Å². The number of hydrogen-bond acceptors (Lipinski definition) is 2. The van der Waals surface area contributed by atoms with Crippen LogP contribution in [0.1, 0.15) is 36.8 Å². The van der Waals surface area contributed by atoms with E-state index in [1.165, 1.54) is 50.8 Å². The first-order valence-electron chi connectivity index (χ1n) is 7.36. The van der Waals surface area contributed by atoms with Crippen molar-refractivity contribution < 1.29 is 0 Å². The molecule has 2 N–H and O–H groups in total. The van der Waals surface area contributed by atoms with Gasteiger partial charge in [-0.3, -0.25) is 4.90 Å². The van der Waals surface area contributed by atoms with Crippen LogP contribution < -0.4 is 5.73 Å². The van der Waals surface area contributed by atoms with Crippen LogP contribution >= 0.6 is 24.8 Å². The molecule has 1 heterocycles. The topological polar surface area (TPSA) is 29.3 Å². The fourth-order valence-corrected chi connectivity index (χ4v) is 3.45. The molecule has 1 aromatic rings. The van der Waals surface area contributed by atoms with Crippen molar-refractivity contribution in [3.63, 3.8) is 0 Å². The predicted octanol–water partition coefficient (Wildman–Crippen LogP) is 3.41. The fourth-order valence-electron chi connectivity index (χ4n) is 3.45. The number of nitrogens with zero attached hydrogens (tertiary/aromatic N) is 1. The van der Waals surface area contributed by atoms with Gasteiger partial charge in [0.2, 0.25) is 0 Å². The van der Waals surface area contributed by atoms with E-state index in [1.54, 1.807) is 5.56 Å². The van der Waals surface area contributed by atoms with Crippen LogP contribution in [0.5, 0.6) is 0 Å². The molecule has 1 saturated carbocycles. The Morgan fingerprint density at radius 1 is 1.00 bits per heavy atom. The summed E-state index contributed by atoms with van der Waals surface area (Å²) in [5.41, 5.74) is 9.07. The lowest BCUT2D eigenvalue weighted by atomic mass is 9.85. The van der Waals surface area contributed by atoms with Crippen LogP contribution in [0.25, 0.3) is 0 Å². The number of halogens is 2. The lowest BCUT2D eigenvalue weighted by molar-refractivity contribution is 0.181. The highest BCUT2D eigenvalue weighted by Gasteiger charge is 2.23. The summed E-state index contributed by atoms with van der Waals surface area (Å²) in [7, 11) is 0. The molecule has 0 atom stereocenters. The first-order chi connectivity index (χ1) is 8.81. The minimum Gasteiger partial charge on any atom is -0.328 e. The lowest BCUT2D eigenvalue weighted by Crippen LogP contribution is -2.37. The molecule has 4 heteroatoms. The number of fused-ring (bicyclic) bond motifs is 1. The highest BCUT2D eigenvalue weighted by Crippen LogP contribution is 2.26. The Balaban J connectivity index is 0.000001000. The van der Waals surface area contributed by atoms with Crippen molar-refractivity contribution in [3.8, 4) is 0 Å². The Morgan fingerprint density at radius 3 is 2.35 bits per heavy atom. The number of benzene rings is 1. The summed E-state index contributed by atoms with van der Waals surface area (Å²) in [6.45, 7) is 3.67. The van der Waals surface area contributed by atoms with E-state index in [1.807, 2.05) is 0 Å². The molecule has 114 valence electrons. The molecule has 0 amide bonds. The van der Waals surface area contributed by atoms with Gasteiger partial charge in [0, 0.05) is 25.7 Å². The van der Waals surface area contributed by atoms with Crippen LogP contribution in [0, 0.1) is 5.92 Å². The molecule has 0 unspecified atom stereocenters. The molecule has 1 aliphatic carbocycles. The molecule has 0 bridgehead atoms. The highest BCUT2D eigenvalue weighted by molar-refractivity contribution is 5.85. The zero-order valence-electron chi connectivity index (χ0n) is 12.0. The van der Waals surface area contributed by atoms with Gasteiger partial charge in [-0.25, -0.2) is 0 Å². The van der Waals surface area contributed by atoms with Crippen molar-refractivity contribution in [3.05, 3.63) is 35.4 Å². The average Bonchev–Trinajstić information content (AvgIpc) is 2.41. The van der Waals surface area contributed by atoms with Crippen molar-refractivity contribution in [2.24, 2.45) is 11.7 Å². The van der Waals surface area contributed by atoms with Crippen LogP contribution in [0.15, 0.2) is 24.3 Å². The summed E-state index contributed by atoms with van der Waals surface area (Å²) < 4.78 is 0. The number of nitrogens with two attached hydrogens (primary N) is 1. The van der Waals surface area contributed by atoms with Crippen LogP contribution in [0.4, 0.5) is 0 Å². The normalized spacial score (nSPS) is 26.1. The summed E-state index contributed by atoms with van der Waals surface area (Å²) >= 11 is 0. The Bertz CT molecular complexity index is 403. The van der Waals surface area contributed by atoms with Crippen molar-refractivity contribution in [2.45, 2.75) is 44.7 Å². The molecule has 1 aromatic carbocycles. The summed E-state index contributed by atoms with van der Waals surface area (Å²) in [5.74, 6) is 0.884.